The summed E-state index contributed by atoms with van der Waals surface area (Å²) in [5, 5.41) is 5.58. The Labute approximate surface area is 109 Å². The van der Waals surface area contributed by atoms with Crippen molar-refractivity contribution in [1.82, 2.24) is 0 Å². The Hall–Kier alpha value is -3.36. The summed E-state index contributed by atoms with van der Waals surface area (Å²) in [4.78, 5) is 7.38. The molecule has 1 rings (SSSR count). The average molecular weight is 276 g/mol. The second kappa shape index (κ2) is 5.52. The molecule has 0 unspecified atom stereocenters. The highest BCUT2D eigenvalue weighted by Crippen LogP contribution is 2.08. The second-order valence-electron chi connectivity index (χ2n) is 3.13. The third-order valence-corrected chi connectivity index (χ3v) is 2.15. The van der Waals surface area contributed by atoms with E-state index in [0.717, 1.165) is 6.07 Å². The van der Waals surface area contributed by atoms with Gasteiger partial charge in [0.05, 0.1) is 17.9 Å². The average Bonchev–Trinajstić information content (AvgIpc) is 2.46. The van der Waals surface area contributed by atoms with Crippen LogP contribution in [0.2, 0.25) is 0 Å². The predicted octanol–water partition coefficient (Wildman–Crippen LogP) is 1.70. The van der Waals surface area contributed by atoms with Crippen LogP contribution in [0.1, 0.15) is 0 Å². The molecule has 0 saturated heterocycles. The summed E-state index contributed by atoms with van der Waals surface area (Å²) in [5.74, 6) is -9.22. The molecule has 20 heavy (non-hydrogen) atoms. The molecule has 0 aliphatic rings. The Morgan fingerprint density at radius 2 is 1.20 bits per heavy atom. The Bertz CT molecular complexity index is 746. The van der Waals surface area contributed by atoms with E-state index < -0.39 is 45.2 Å². The van der Waals surface area contributed by atoms with Gasteiger partial charge >= 0.3 is 5.82 Å². The normalized spacial score (nSPS) is 8.80. The van der Waals surface area contributed by atoms with E-state index in [1.807, 2.05) is 0 Å². The van der Waals surface area contributed by atoms with Crippen LogP contribution in [0.3, 0.4) is 0 Å². The van der Waals surface area contributed by atoms with E-state index in [1.165, 1.54) is 0 Å². The van der Waals surface area contributed by atoms with Gasteiger partial charge in [-0.05, 0) is 0 Å². The lowest BCUT2D eigenvalue weighted by atomic mass is 10.1. The maximum Gasteiger partial charge on any atom is 0.532 e. The molecule has 1 aromatic rings. The molecule has 0 aliphatic heterocycles. The molecular weight excluding hydrogens is 276 g/mol. The summed E-state index contributed by atoms with van der Waals surface area (Å²) in [7, 11) is 0. The highest BCUT2D eigenvalue weighted by atomic mass is 19.2. The Balaban J connectivity index is 4.35. The molecule has 0 atom stereocenters. The number of nitrogens with zero attached hydrogens (tertiary/aromatic N) is 4. The van der Waals surface area contributed by atoms with Gasteiger partial charge in [-0.2, -0.15) is 9.69 Å². The van der Waals surface area contributed by atoms with E-state index in [0.29, 0.717) is 0 Å². The smallest absolute Gasteiger partial charge is 0.226 e. The Kier molecular flexibility index (Phi) is 4.06. The molecule has 0 aliphatic carbocycles. The maximum atomic E-state index is 13.6. The van der Waals surface area contributed by atoms with E-state index in [1.54, 1.807) is 0 Å². The van der Waals surface area contributed by atoms with Gasteiger partial charge in [0.2, 0.25) is 0 Å². The summed E-state index contributed by atoms with van der Waals surface area (Å²) in [6, 6.07) is 1.10. The molecule has 0 saturated carbocycles. The molecule has 0 N–H and O–H groups in total. The van der Waals surface area contributed by atoms with Gasteiger partial charge in [-0.15, -0.1) is 0 Å². The molecule has 4 nitrogen and oxygen atoms in total. The van der Waals surface area contributed by atoms with Gasteiger partial charge in [0.1, 0.15) is 18.4 Å². The molecule has 8 heteroatoms. The van der Waals surface area contributed by atoms with Gasteiger partial charge in [-0.1, -0.05) is 0 Å². The van der Waals surface area contributed by atoms with Crippen molar-refractivity contribution in [2.75, 3.05) is 0 Å². The first-order valence-corrected chi connectivity index (χ1v) is 4.57. The van der Waals surface area contributed by atoms with Crippen LogP contribution in [0.5, 0.6) is 0 Å². The number of nitriles is 1. The van der Waals surface area contributed by atoms with Gasteiger partial charge in [0, 0.05) is 0 Å². The molecule has 0 aromatic heterocycles. The SMILES string of the molecule is [C-]#[N+]C(C#N)=c1c(F)c(F)c(=C([N+]#[C-])[N+]#[C-])c(F)c1F. The first-order chi connectivity index (χ1) is 9.44. The fourth-order valence-corrected chi connectivity index (χ4v) is 1.31. The minimum atomic E-state index is -2.00. The minimum Gasteiger partial charge on any atom is -0.226 e. The lowest BCUT2D eigenvalue weighted by molar-refractivity contribution is 0.434. The van der Waals surface area contributed by atoms with Crippen molar-refractivity contribution < 1.29 is 17.6 Å². The summed E-state index contributed by atoms with van der Waals surface area (Å²) in [6.45, 7) is 19.6. The van der Waals surface area contributed by atoms with Gasteiger partial charge in [0.25, 0.3) is 5.70 Å². The molecular formula is C12F4N4. The number of benzene rings is 1. The number of halogens is 4. The third kappa shape index (κ3) is 2.03. The van der Waals surface area contributed by atoms with Crippen LogP contribution in [0.15, 0.2) is 0 Å². The summed E-state index contributed by atoms with van der Waals surface area (Å²) < 4.78 is 54.6. The van der Waals surface area contributed by atoms with Gasteiger partial charge in [-0.3, -0.25) is 0 Å². The van der Waals surface area contributed by atoms with Crippen molar-refractivity contribution in [2.24, 2.45) is 0 Å². The molecule has 0 heterocycles. The third-order valence-electron chi connectivity index (χ3n) is 2.15. The van der Waals surface area contributed by atoms with Gasteiger partial charge < -0.3 is 0 Å². The van der Waals surface area contributed by atoms with Crippen molar-refractivity contribution >= 4 is 11.5 Å². The molecule has 0 amide bonds. The number of hydrogen-bond donors (Lipinski definition) is 0. The van der Waals surface area contributed by atoms with Crippen molar-refractivity contribution in [3.63, 3.8) is 0 Å². The zero-order valence-electron chi connectivity index (χ0n) is 9.30. The van der Waals surface area contributed by atoms with E-state index in [2.05, 4.69) is 14.5 Å². The first kappa shape index (κ1) is 14.7. The number of rotatable bonds is 0. The van der Waals surface area contributed by atoms with Gasteiger partial charge in [-0.25, -0.2) is 27.7 Å². The molecule has 0 radical (unpaired) electrons. The highest BCUT2D eigenvalue weighted by Gasteiger charge is 2.25. The van der Waals surface area contributed by atoms with Crippen LogP contribution in [0.4, 0.5) is 17.6 Å². The Morgan fingerprint density at radius 3 is 1.50 bits per heavy atom. The van der Waals surface area contributed by atoms with Gasteiger partial charge in [0.15, 0.2) is 23.3 Å². The first-order valence-electron chi connectivity index (χ1n) is 4.57. The quantitative estimate of drug-likeness (QED) is 0.403. The van der Waals surface area contributed by atoms with Crippen LogP contribution in [-0.4, -0.2) is 0 Å². The fourth-order valence-electron chi connectivity index (χ4n) is 1.31. The van der Waals surface area contributed by atoms with Crippen LogP contribution in [-0.2, 0) is 0 Å². The Morgan fingerprint density at radius 1 is 0.800 bits per heavy atom. The summed E-state index contributed by atoms with van der Waals surface area (Å²) >= 11 is 0. The van der Waals surface area contributed by atoms with Crippen LogP contribution in [0, 0.1) is 54.3 Å². The molecule has 0 spiro atoms. The van der Waals surface area contributed by atoms with Crippen LogP contribution >= 0.6 is 0 Å². The zero-order valence-corrected chi connectivity index (χ0v) is 9.30. The standard InChI is InChI=1S/C12F4N4/c1-18-5(4-17)6-8(13)10(15)7(11(16)9(6)14)12(19-2)20-3. The lowest BCUT2D eigenvalue weighted by Crippen LogP contribution is -2.30. The second-order valence-corrected chi connectivity index (χ2v) is 3.13. The van der Waals surface area contributed by atoms with E-state index in [9.17, 15) is 17.6 Å². The molecule has 1 aromatic carbocycles. The van der Waals surface area contributed by atoms with Crippen molar-refractivity contribution in [3.8, 4) is 6.07 Å². The van der Waals surface area contributed by atoms with E-state index >= 15 is 0 Å². The zero-order chi connectivity index (χ0) is 15.4. The van der Waals surface area contributed by atoms with E-state index in [4.69, 9.17) is 25.0 Å². The molecule has 0 bridgehead atoms. The fraction of sp³-hybridized carbons (Fsp3) is 0. The van der Waals surface area contributed by atoms with Crippen molar-refractivity contribution in [3.05, 3.63) is 68.0 Å². The largest absolute Gasteiger partial charge is 0.532 e. The maximum absolute atomic E-state index is 13.6. The summed E-state index contributed by atoms with van der Waals surface area (Å²) in [6.07, 6.45) is 0. The van der Waals surface area contributed by atoms with E-state index in [-0.39, 0.29) is 0 Å². The van der Waals surface area contributed by atoms with Crippen molar-refractivity contribution in [2.45, 2.75) is 0 Å². The highest BCUT2D eigenvalue weighted by molar-refractivity contribution is 5.66. The minimum absolute atomic E-state index is 1.10. The number of hydrogen-bond acceptors (Lipinski definition) is 1. The topological polar surface area (TPSA) is 36.9 Å². The lowest BCUT2D eigenvalue weighted by Gasteiger charge is -2.00. The van der Waals surface area contributed by atoms with Crippen LogP contribution in [0.25, 0.3) is 26.1 Å². The predicted molar refractivity (Wildman–Crippen MR) is 57.8 cm³/mol. The molecule has 96 valence electrons. The monoisotopic (exact) mass is 276 g/mol. The van der Waals surface area contributed by atoms with Crippen molar-refractivity contribution in [1.29, 1.82) is 5.26 Å². The molecule has 0 fully saturated rings. The van der Waals surface area contributed by atoms with Crippen LogP contribution < -0.4 is 10.4 Å². The summed E-state index contributed by atoms with van der Waals surface area (Å²) in [5.41, 5.74) is -1.18.